The molecule has 0 saturated carbocycles. The fraction of sp³-hybridized carbons (Fsp3) is 0.185. The van der Waals surface area contributed by atoms with Gasteiger partial charge in [0, 0.05) is 37.6 Å². The Morgan fingerprint density at radius 3 is 2.40 bits per heavy atom. The highest BCUT2D eigenvalue weighted by Crippen LogP contribution is 2.31. The first-order chi connectivity index (χ1) is 17.0. The molecule has 1 aromatic heterocycles. The fourth-order valence-corrected chi connectivity index (χ4v) is 4.48. The normalized spacial score (nSPS) is 12.6. The minimum Gasteiger partial charge on any atom is -0.395 e. The Kier molecular flexibility index (Phi) is 5.88. The summed E-state index contributed by atoms with van der Waals surface area (Å²) in [6.07, 6.45) is 0. The fourth-order valence-electron chi connectivity index (χ4n) is 4.48. The second kappa shape index (κ2) is 9.15. The zero-order chi connectivity index (χ0) is 24.5. The lowest BCUT2D eigenvalue weighted by atomic mass is 9.97. The minimum atomic E-state index is -0.218. The van der Waals surface area contributed by atoms with Crippen LogP contribution >= 0.6 is 0 Å². The summed E-state index contributed by atoms with van der Waals surface area (Å²) in [5.74, 6) is -0.384. The number of likely N-dealkylation sites (N-methyl/N-ethyl adjacent to an activating group) is 1. The van der Waals surface area contributed by atoms with Gasteiger partial charge in [0.25, 0.3) is 11.8 Å². The number of rotatable bonds is 5. The van der Waals surface area contributed by atoms with Gasteiger partial charge in [0.05, 0.1) is 12.1 Å². The summed E-state index contributed by atoms with van der Waals surface area (Å²) in [6.45, 7) is 1.13. The summed E-state index contributed by atoms with van der Waals surface area (Å²) >= 11 is 0. The molecule has 0 aliphatic carbocycles. The van der Waals surface area contributed by atoms with E-state index in [0.29, 0.717) is 35.1 Å². The molecule has 0 unspecified atom stereocenters. The predicted molar refractivity (Wildman–Crippen MR) is 133 cm³/mol. The van der Waals surface area contributed by atoms with Gasteiger partial charge in [-0.15, -0.1) is 0 Å². The van der Waals surface area contributed by atoms with Crippen LogP contribution in [0.1, 0.15) is 32.0 Å². The molecule has 3 N–H and O–H groups in total. The minimum absolute atomic E-state index is 0.0338. The molecule has 2 amide bonds. The monoisotopic (exact) mass is 467 g/mol. The number of hydrogen-bond donors (Lipinski definition) is 2. The zero-order valence-corrected chi connectivity index (χ0v) is 19.3. The van der Waals surface area contributed by atoms with Crippen molar-refractivity contribution < 1.29 is 14.7 Å². The molecule has 5 rings (SSSR count). The Labute approximate surface area is 202 Å². The van der Waals surface area contributed by atoms with E-state index in [2.05, 4.69) is 9.97 Å². The molecule has 176 valence electrons. The van der Waals surface area contributed by atoms with Gasteiger partial charge in [0.15, 0.2) is 0 Å². The Morgan fingerprint density at radius 2 is 1.69 bits per heavy atom. The first kappa shape index (κ1) is 22.5. The Hall–Kier alpha value is -4.30. The topological polar surface area (TPSA) is 113 Å². The van der Waals surface area contributed by atoms with Gasteiger partial charge in [-0.3, -0.25) is 9.59 Å². The number of aliphatic hydroxyl groups is 1. The van der Waals surface area contributed by atoms with Crippen LogP contribution in [0, 0.1) is 0 Å². The van der Waals surface area contributed by atoms with Gasteiger partial charge in [0.2, 0.25) is 5.95 Å². The van der Waals surface area contributed by atoms with Crippen LogP contribution in [0.15, 0.2) is 66.7 Å². The zero-order valence-electron chi connectivity index (χ0n) is 19.3. The number of carbonyl (C=O) groups is 2. The Bertz CT molecular complexity index is 1430. The van der Waals surface area contributed by atoms with Gasteiger partial charge in [-0.1, -0.05) is 48.5 Å². The molecule has 0 fully saturated rings. The van der Waals surface area contributed by atoms with Crippen LogP contribution in [-0.4, -0.2) is 56.9 Å². The molecule has 0 bridgehead atoms. The maximum absolute atomic E-state index is 13.6. The summed E-state index contributed by atoms with van der Waals surface area (Å²) < 4.78 is 0. The number of nitrogens with two attached hydrogens (primary N) is 1. The van der Waals surface area contributed by atoms with E-state index in [9.17, 15) is 14.7 Å². The third-order valence-corrected chi connectivity index (χ3v) is 6.29. The first-order valence-electron chi connectivity index (χ1n) is 11.4. The number of fused-ring (bicyclic) bond motifs is 2. The number of anilines is 1. The SMILES string of the molecule is CN(CCO)C(=O)c1ccccc1-c1ccc2nc(N)nc(C(=O)N3Cc4ccccc4C3)c2c1. The van der Waals surface area contributed by atoms with Crippen molar-refractivity contribution in [1.82, 2.24) is 19.8 Å². The number of carbonyl (C=O) groups excluding carboxylic acids is 2. The first-order valence-corrected chi connectivity index (χ1v) is 11.4. The van der Waals surface area contributed by atoms with E-state index in [-0.39, 0.29) is 36.6 Å². The highest BCUT2D eigenvalue weighted by atomic mass is 16.3. The predicted octanol–water partition coefficient (Wildman–Crippen LogP) is 3.10. The van der Waals surface area contributed by atoms with Crippen molar-refractivity contribution in [2.75, 3.05) is 25.9 Å². The largest absolute Gasteiger partial charge is 0.395 e. The highest BCUT2D eigenvalue weighted by molar-refractivity contribution is 6.07. The van der Waals surface area contributed by atoms with Gasteiger partial charge in [-0.25, -0.2) is 9.97 Å². The molecule has 35 heavy (non-hydrogen) atoms. The highest BCUT2D eigenvalue weighted by Gasteiger charge is 2.27. The van der Waals surface area contributed by atoms with Crippen LogP contribution in [0.3, 0.4) is 0 Å². The van der Waals surface area contributed by atoms with Gasteiger partial charge < -0.3 is 20.6 Å². The maximum Gasteiger partial charge on any atom is 0.273 e. The standard InChI is InChI=1S/C27H25N5O3/c1-31(12-13-33)25(34)21-9-5-4-8-20(21)17-10-11-23-22(14-17)24(30-27(28)29-23)26(35)32-15-18-6-2-3-7-19(18)16-32/h2-11,14,33H,12-13,15-16H2,1H3,(H2,28,29,30). The quantitative estimate of drug-likeness (QED) is 0.466. The van der Waals surface area contributed by atoms with Crippen molar-refractivity contribution in [1.29, 1.82) is 0 Å². The lowest BCUT2D eigenvalue weighted by Crippen LogP contribution is -2.29. The van der Waals surface area contributed by atoms with E-state index in [1.54, 1.807) is 30.1 Å². The molecule has 0 atom stereocenters. The second-order valence-corrected chi connectivity index (χ2v) is 8.59. The van der Waals surface area contributed by atoms with Crippen LogP contribution in [-0.2, 0) is 13.1 Å². The molecule has 1 aliphatic heterocycles. The summed E-state index contributed by atoms with van der Waals surface area (Å²) in [5.41, 5.74) is 11.0. The average Bonchev–Trinajstić information content (AvgIpc) is 3.31. The van der Waals surface area contributed by atoms with E-state index in [1.165, 1.54) is 4.90 Å². The maximum atomic E-state index is 13.6. The number of nitrogens with zero attached hydrogens (tertiary/aromatic N) is 4. The third kappa shape index (κ3) is 4.20. The number of nitrogen functional groups attached to an aromatic ring is 1. The summed E-state index contributed by atoms with van der Waals surface area (Å²) in [5, 5.41) is 9.81. The van der Waals surface area contributed by atoms with Crippen LogP contribution in [0.25, 0.3) is 22.0 Å². The third-order valence-electron chi connectivity index (χ3n) is 6.29. The summed E-state index contributed by atoms with van der Waals surface area (Å²) in [7, 11) is 1.65. The van der Waals surface area contributed by atoms with Gasteiger partial charge >= 0.3 is 0 Å². The summed E-state index contributed by atoms with van der Waals surface area (Å²) in [6, 6.07) is 20.7. The van der Waals surface area contributed by atoms with E-state index in [4.69, 9.17) is 5.73 Å². The number of amides is 2. The van der Waals surface area contributed by atoms with Crippen molar-refractivity contribution in [3.63, 3.8) is 0 Å². The molecule has 3 aromatic carbocycles. The molecule has 4 aromatic rings. The molecular formula is C27H25N5O3. The van der Waals surface area contributed by atoms with E-state index >= 15 is 0 Å². The molecule has 2 heterocycles. The molecule has 8 heteroatoms. The van der Waals surface area contributed by atoms with Gasteiger partial charge in [-0.2, -0.15) is 0 Å². The van der Waals surface area contributed by atoms with E-state index < -0.39 is 0 Å². The molecule has 0 radical (unpaired) electrons. The molecule has 0 spiro atoms. The molecule has 1 aliphatic rings. The van der Waals surface area contributed by atoms with E-state index in [1.807, 2.05) is 48.5 Å². The molecule has 8 nitrogen and oxygen atoms in total. The van der Waals surface area contributed by atoms with Crippen molar-refractivity contribution in [2.45, 2.75) is 13.1 Å². The second-order valence-electron chi connectivity index (χ2n) is 8.59. The Morgan fingerprint density at radius 1 is 1.00 bits per heavy atom. The van der Waals surface area contributed by atoms with Crippen molar-refractivity contribution in [2.24, 2.45) is 0 Å². The molecule has 0 saturated heterocycles. The lowest BCUT2D eigenvalue weighted by Gasteiger charge is -2.19. The number of aliphatic hydroxyl groups excluding tert-OH is 1. The smallest absolute Gasteiger partial charge is 0.273 e. The molecular weight excluding hydrogens is 442 g/mol. The van der Waals surface area contributed by atoms with Crippen LogP contribution in [0.5, 0.6) is 0 Å². The van der Waals surface area contributed by atoms with E-state index in [0.717, 1.165) is 16.7 Å². The number of aromatic nitrogens is 2. The van der Waals surface area contributed by atoms with Crippen molar-refractivity contribution in [3.8, 4) is 11.1 Å². The average molecular weight is 468 g/mol. The van der Waals surface area contributed by atoms with Crippen LogP contribution < -0.4 is 5.73 Å². The van der Waals surface area contributed by atoms with Gasteiger partial charge in [-0.05, 0) is 40.5 Å². The van der Waals surface area contributed by atoms with Crippen LogP contribution in [0.2, 0.25) is 0 Å². The lowest BCUT2D eigenvalue weighted by molar-refractivity contribution is 0.0745. The number of benzene rings is 3. The van der Waals surface area contributed by atoms with Crippen molar-refractivity contribution in [3.05, 3.63) is 89.1 Å². The van der Waals surface area contributed by atoms with Crippen LogP contribution in [0.4, 0.5) is 5.95 Å². The number of hydrogen-bond acceptors (Lipinski definition) is 6. The summed E-state index contributed by atoms with van der Waals surface area (Å²) in [4.78, 5) is 38.4. The Balaban J connectivity index is 1.57. The van der Waals surface area contributed by atoms with Gasteiger partial charge in [0.1, 0.15) is 5.69 Å². The van der Waals surface area contributed by atoms with Crippen molar-refractivity contribution >= 4 is 28.7 Å².